The highest BCUT2D eigenvalue weighted by Crippen LogP contribution is 2.33. The fourth-order valence-corrected chi connectivity index (χ4v) is 3.91. The normalized spacial score (nSPS) is 19.2. The number of aromatic nitrogens is 1. The molecular weight excluding hydrogens is 362 g/mol. The predicted octanol–water partition coefficient (Wildman–Crippen LogP) is 7.51. The van der Waals surface area contributed by atoms with Gasteiger partial charge in [0, 0.05) is 12.4 Å². The molecule has 0 fully saturated rings. The van der Waals surface area contributed by atoms with Crippen molar-refractivity contribution >= 4 is 11.1 Å². The Morgan fingerprint density at radius 1 is 1.20 bits per heavy atom. The van der Waals surface area contributed by atoms with Crippen molar-refractivity contribution in [2.75, 3.05) is 0 Å². The van der Waals surface area contributed by atoms with E-state index < -0.39 is 0 Å². The Labute approximate surface area is 181 Å². The average molecular weight is 392 g/mol. The van der Waals surface area contributed by atoms with Crippen molar-refractivity contribution in [3.05, 3.63) is 103 Å². The van der Waals surface area contributed by atoms with Crippen LogP contribution in [-0.4, -0.2) is 4.98 Å². The van der Waals surface area contributed by atoms with Crippen LogP contribution in [0.2, 0.25) is 0 Å². The Hall–Kier alpha value is -3.37. The molecule has 0 saturated carbocycles. The number of hydrogen-bond acceptors (Lipinski definition) is 1. The van der Waals surface area contributed by atoms with E-state index in [0.29, 0.717) is 11.8 Å². The number of benzene rings is 1. The van der Waals surface area contributed by atoms with Gasteiger partial charge < -0.3 is 0 Å². The Morgan fingerprint density at radius 3 is 2.67 bits per heavy atom. The molecule has 30 heavy (non-hydrogen) atoms. The first-order valence-electron chi connectivity index (χ1n) is 10.6. The standard InChI is InChI=1S/C29H29N/c1-5-8-10-24(9-6-2)27-19-28(21-29(20-27)26-15-17-30-18-16-26)25-12-11-22(4)23(7-3)13-14-25/h1,6,8-10,12-23H,2,7,11H2,3-4H3/b10-8-,24-9+. The van der Waals surface area contributed by atoms with Crippen LogP contribution in [0.25, 0.3) is 22.3 Å². The summed E-state index contributed by atoms with van der Waals surface area (Å²) in [5.74, 6) is 3.86. The second-order valence-electron chi connectivity index (χ2n) is 7.70. The molecule has 2 unspecified atom stereocenters. The van der Waals surface area contributed by atoms with E-state index in [1.807, 2.05) is 36.7 Å². The summed E-state index contributed by atoms with van der Waals surface area (Å²) in [6.45, 7) is 8.48. The van der Waals surface area contributed by atoms with Crippen LogP contribution in [0.4, 0.5) is 0 Å². The number of rotatable bonds is 6. The SMILES string of the molecule is C#C/C=C\C(=C/C=C)c1cc(C2=CCC(C)C(CC)C=C2)cc(-c2ccncc2)c1. The van der Waals surface area contributed by atoms with E-state index in [1.165, 1.54) is 17.6 Å². The Bertz CT molecular complexity index is 1040. The first kappa shape index (κ1) is 21.3. The van der Waals surface area contributed by atoms with Crippen molar-refractivity contribution in [2.45, 2.75) is 26.7 Å². The van der Waals surface area contributed by atoms with Gasteiger partial charge in [-0.1, -0.05) is 56.7 Å². The van der Waals surface area contributed by atoms with E-state index in [9.17, 15) is 0 Å². The zero-order chi connectivity index (χ0) is 21.3. The van der Waals surface area contributed by atoms with E-state index >= 15 is 0 Å². The van der Waals surface area contributed by atoms with E-state index in [0.717, 1.165) is 28.7 Å². The lowest BCUT2D eigenvalue weighted by Crippen LogP contribution is -2.05. The van der Waals surface area contributed by atoms with Gasteiger partial charge in [0.25, 0.3) is 0 Å². The van der Waals surface area contributed by atoms with E-state index in [4.69, 9.17) is 6.42 Å². The summed E-state index contributed by atoms with van der Waals surface area (Å²) >= 11 is 0. The van der Waals surface area contributed by atoms with Gasteiger partial charge in [-0.25, -0.2) is 0 Å². The van der Waals surface area contributed by atoms with Gasteiger partial charge in [-0.2, -0.15) is 0 Å². The summed E-state index contributed by atoms with van der Waals surface area (Å²) < 4.78 is 0. The zero-order valence-electron chi connectivity index (χ0n) is 17.9. The Balaban J connectivity index is 2.16. The van der Waals surface area contributed by atoms with Crippen molar-refractivity contribution < 1.29 is 0 Å². The molecule has 1 aromatic heterocycles. The molecule has 0 aliphatic heterocycles. The maximum Gasteiger partial charge on any atom is 0.0273 e. The molecule has 0 bridgehead atoms. The molecule has 1 aromatic carbocycles. The van der Waals surface area contributed by atoms with Gasteiger partial charge in [-0.05, 0) is 101 Å². The minimum atomic E-state index is 0.622. The summed E-state index contributed by atoms with van der Waals surface area (Å²) in [7, 11) is 0. The van der Waals surface area contributed by atoms with Crippen molar-refractivity contribution in [1.82, 2.24) is 4.98 Å². The molecule has 0 N–H and O–H groups in total. The van der Waals surface area contributed by atoms with Crippen LogP contribution in [0.1, 0.15) is 37.8 Å². The van der Waals surface area contributed by atoms with Crippen LogP contribution in [0.5, 0.6) is 0 Å². The number of nitrogens with zero attached hydrogens (tertiary/aromatic N) is 1. The molecule has 2 atom stereocenters. The van der Waals surface area contributed by atoms with Gasteiger partial charge in [0.1, 0.15) is 0 Å². The number of terminal acetylenes is 1. The number of allylic oxidation sites excluding steroid dienone is 9. The lowest BCUT2D eigenvalue weighted by molar-refractivity contribution is 0.424. The molecule has 1 heteroatoms. The van der Waals surface area contributed by atoms with Gasteiger partial charge in [-0.15, -0.1) is 6.42 Å². The third-order valence-electron chi connectivity index (χ3n) is 5.70. The van der Waals surface area contributed by atoms with Crippen molar-refractivity contribution in [2.24, 2.45) is 11.8 Å². The summed E-state index contributed by atoms with van der Waals surface area (Å²) in [5.41, 5.74) is 6.94. The third-order valence-corrected chi connectivity index (χ3v) is 5.70. The zero-order valence-corrected chi connectivity index (χ0v) is 17.9. The molecule has 150 valence electrons. The lowest BCUT2D eigenvalue weighted by Gasteiger charge is -2.15. The van der Waals surface area contributed by atoms with Crippen LogP contribution in [0.3, 0.4) is 0 Å². The molecule has 0 saturated heterocycles. The molecule has 1 heterocycles. The summed E-state index contributed by atoms with van der Waals surface area (Å²) in [6, 6.07) is 10.8. The van der Waals surface area contributed by atoms with Crippen LogP contribution in [-0.2, 0) is 0 Å². The van der Waals surface area contributed by atoms with Crippen LogP contribution >= 0.6 is 0 Å². The highest BCUT2D eigenvalue weighted by atomic mass is 14.6. The number of pyridine rings is 1. The topological polar surface area (TPSA) is 12.9 Å². The fraction of sp³-hybridized carbons (Fsp3) is 0.207. The minimum absolute atomic E-state index is 0.622. The largest absolute Gasteiger partial charge is 0.265 e. The average Bonchev–Trinajstić information content (AvgIpc) is 2.98. The van der Waals surface area contributed by atoms with Crippen molar-refractivity contribution in [1.29, 1.82) is 0 Å². The maximum absolute atomic E-state index is 5.46. The van der Waals surface area contributed by atoms with Gasteiger partial charge in [0.15, 0.2) is 0 Å². The molecular formula is C29H29N. The highest BCUT2D eigenvalue weighted by molar-refractivity contribution is 5.85. The first-order valence-corrected chi connectivity index (χ1v) is 10.6. The van der Waals surface area contributed by atoms with Crippen LogP contribution in [0, 0.1) is 24.2 Å². The van der Waals surface area contributed by atoms with E-state index in [-0.39, 0.29) is 0 Å². The quantitative estimate of drug-likeness (QED) is 0.367. The number of hydrogen-bond donors (Lipinski definition) is 0. The minimum Gasteiger partial charge on any atom is -0.265 e. The molecule has 0 spiro atoms. The van der Waals surface area contributed by atoms with Crippen LogP contribution < -0.4 is 0 Å². The molecule has 0 radical (unpaired) electrons. The summed E-state index contributed by atoms with van der Waals surface area (Å²) in [6.07, 6.45) is 25.9. The monoisotopic (exact) mass is 391 g/mol. The van der Waals surface area contributed by atoms with Gasteiger partial charge in [-0.3, -0.25) is 4.98 Å². The van der Waals surface area contributed by atoms with Gasteiger partial charge >= 0.3 is 0 Å². The fourth-order valence-electron chi connectivity index (χ4n) is 3.91. The van der Waals surface area contributed by atoms with Gasteiger partial charge in [0.05, 0.1) is 0 Å². The molecule has 0 amide bonds. The third kappa shape index (κ3) is 5.16. The van der Waals surface area contributed by atoms with Crippen LogP contribution in [0.15, 0.2) is 91.8 Å². The molecule has 1 nitrogen and oxygen atoms in total. The highest BCUT2D eigenvalue weighted by Gasteiger charge is 2.16. The van der Waals surface area contributed by atoms with Crippen molar-refractivity contribution in [3.8, 4) is 23.5 Å². The maximum atomic E-state index is 5.46. The van der Waals surface area contributed by atoms with E-state index in [2.05, 4.69) is 67.8 Å². The smallest absolute Gasteiger partial charge is 0.0273 e. The first-order chi connectivity index (χ1) is 14.7. The molecule has 3 rings (SSSR count). The second-order valence-corrected chi connectivity index (χ2v) is 7.70. The molecule has 1 aliphatic rings. The van der Waals surface area contributed by atoms with Gasteiger partial charge in [0.2, 0.25) is 0 Å². The summed E-state index contributed by atoms with van der Waals surface area (Å²) in [5, 5.41) is 0. The molecule has 1 aliphatic carbocycles. The van der Waals surface area contributed by atoms with Crippen molar-refractivity contribution in [3.63, 3.8) is 0 Å². The second kappa shape index (κ2) is 10.4. The summed E-state index contributed by atoms with van der Waals surface area (Å²) in [4.78, 5) is 4.17. The molecule has 2 aromatic rings. The lowest BCUT2D eigenvalue weighted by atomic mass is 9.90. The van der Waals surface area contributed by atoms with E-state index in [1.54, 1.807) is 12.2 Å². The predicted molar refractivity (Wildman–Crippen MR) is 130 cm³/mol. The Morgan fingerprint density at radius 2 is 1.97 bits per heavy atom. The Kier molecular flexibility index (Phi) is 7.41.